The van der Waals surface area contributed by atoms with Gasteiger partial charge < -0.3 is 15.7 Å². The number of benzene rings is 1. The Bertz CT molecular complexity index is 642. The quantitative estimate of drug-likeness (QED) is 0.549. The first-order chi connectivity index (χ1) is 11.1. The number of aliphatic hydroxyl groups is 1. The van der Waals surface area contributed by atoms with Crippen LogP contribution >= 0.6 is 23.1 Å². The summed E-state index contributed by atoms with van der Waals surface area (Å²) < 4.78 is 0. The Morgan fingerprint density at radius 2 is 1.87 bits per heavy atom. The maximum absolute atomic E-state index is 11.7. The van der Waals surface area contributed by atoms with Crippen LogP contribution in [-0.4, -0.2) is 29.7 Å². The number of thioether (sulfide) groups is 1. The van der Waals surface area contributed by atoms with Gasteiger partial charge in [-0.05, 0) is 35.4 Å². The van der Waals surface area contributed by atoms with Crippen LogP contribution in [0.5, 0.6) is 0 Å². The van der Waals surface area contributed by atoms with Crippen molar-refractivity contribution in [3.05, 3.63) is 52.2 Å². The lowest BCUT2D eigenvalue weighted by Crippen LogP contribution is -2.41. The number of hydrogen-bond donors (Lipinski definition) is 3. The van der Waals surface area contributed by atoms with Crippen molar-refractivity contribution < 1.29 is 14.7 Å². The highest BCUT2D eigenvalue weighted by atomic mass is 32.2. The fourth-order valence-electron chi connectivity index (χ4n) is 1.87. The molecule has 0 aliphatic rings. The van der Waals surface area contributed by atoms with E-state index in [4.69, 9.17) is 0 Å². The number of thiophene rings is 1. The second-order valence-electron chi connectivity index (χ2n) is 4.76. The first kappa shape index (κ1) is 17.5. The van der Waals surface area contributed by atoms with Gasteiger partial charge in [-0.15, -0.1) is 23.1 Å². The summed E-state index contributed by atoms with van der Waals surface area (Å²) in [5.74, 6) is -1.45. The van der Waals surface area contributed by atoms with E-state index >= 15 is 0 Å². The molecule has 23 heavy (non-hydrogen) atoms. The molecule has 0 aliphatic heterocycles. The molecule has 1 heterocycles. The van der Waals surface area contributed by atoms with Gasteiger partial charge >= 0.3 is 11.8 Å². The number of nitrogens with one attached hydrogen (secondary N) is 2. The van der Waals surface area contributed by atoms with Crippen LogP contribution in [0.15, 0.2) is 46.7 Å². The van der Waals surface area contributed by atoms with Crippen LogP contribution in [0.4, 0.5) is 0 Å². The van der Waals surface area contributed by atoms with Crippen molar-refractivity contribution in [1.29, 1.82) is 0 Å². The number of carbonyl (C=O) groups is 2. The van der Waals surface area contributed by atoms with Crippen LogP contribution in [0, 0.1) is 0 Å². The van der Waals surface area contributed by atoms with Crippen molar-refractivity contribution in [1.82, 2.24) is 10.6 Å². The normalized spacial score (nSPS) is 11.7. The highest BCUT2D eigenvalue weighted by molar-refractivity contribution is 7.98. The van der Waals surface area contributed by atoms with E-state index in [0.717, 1.165) is 9.77 Å². The van der Waals surface area contributed by atoms with Gasteiger partial charge in [0.05, 0.1) is 12.6 Å². The first-order valence-electron chi connectivity index (χ1n) is 7.00. The summed E-state index contributed by atoms with van der Waals surface area (Å²) in [5.41, 5.74) is 0.696. The Kier molecular flexibility index (Phi) is 6.64. The molecule has 0 radical (unpaired) electrons. The van der Waals surface area contributed by atoms with Crippen LogP contribution < -0.4 is 10.6 Å². The third kappa shape index (κ3) is 5.38. The summed E-state index contributed by atoms with van der Waals surface area (Å²) in [6, 6.07) is 11.2. The summed E-state index contributed by atoms with van der Waals surface area (Å²) >= 11 is 3.12. The smallest absolute Gasteiger partial charge is 0.309 e. The topological polar surface area (TPSA) is 78.4 Å². The second-order valence-corrected chi connectivity index (χ2v) is 6.67. The number of carbonyl (C=O) groups excluding carboxylic acids is 2. The molecule has 0 unspecified atom stereocenters. The molecule has 3 N–H and O–H groups in total. The van der Waals surface area contributed by atoms with E-state index in [1.54, 1.807) is 23.9 Å². The number of aliphatic hydroxyl groups excluding tert-OH is 1. The Labute approximate surface area is 143 Å². The Morgan fingerprint density at radius 3 is 2.48 bits per heavy atom. The van der Waals surface area contributed by atoms with Gasteiger partial charge in [-0.25, -0.2) is 0 Å². The monoisotopic (exact) mass is 350 g/mol. The molecule has 2 rings (SSSR count). The number of rotatable bonds is 6. The predicted octanol–water partition coefficient (Wildman–Crippen LogP) is 1.94. The SMILES string of the molecule is CSc1ccc([C@@H](O)CNC(=O)C(=O)NCc2cccs2)cc1. The third-order valence-corrected chi connectivity index (χ3v) is 4.79. The highest BCUT2D eigenvalue weighted by Crippen LogP contribution is 2.18. The summed E-state index contributed by atoms with van der Waals surface area (Å²) in [5, 5.41) is 16.9. The largest absolute Gasteiger partial charge is 0.387 e. The molecule has 0 saturated heterocycles. The van der Waals surface area contributed by atoms with Crippen molar-refractivity contribution in [2.45, 2.75) is 17.5 Å². The lowest BCUT2D eigenvalue weighted by Gasteiger charge is -2.12. The van der Waals surface area contributed by atoms with Gasteiger partial charge in [-0.2, -0.15) is 0 Å². The van der Waals surface area contributed by atoms with Gasteiger partial charge in [0.15, 0.2) is 0 Å². The number of hydrogen-bond acceptors (Lipinski definition) is 5. The van der Waals surface area contributed by atoms with Crippen molar-refractivity contribution in [3.63, 3.8) is 0 Å². The zero-order chi connectivity index (χ0) is 16.7. The molecule has 0 aliphatic carbocycles. The van der Waals surface area contributed by atoms with E-state index in [1.807, 2.05) is 35.9 Å². The lowest BCUT2D eigenvalue weighted by atomic mass is 10.1. The molecule has 1 atom stereocenters. The molecule has 0 bridgehead atoms. The van der Waals surface area contributed by atoms with Crippen molar-refractivity contribution in [3.8, 4) is 0 Å². The molecule has 2 amide bonds. The number of amides is 2. The lowest BCUT2D eigenvalue weighted by molar-refractivity contribution is -0.139. The van der Waals surface area contributed by atoms with Crippen LogP contribution in [0.2, 0.25) is 0 Å². The Hall–Kier alpha value is -1.83. The van der Waals surface area contributed by atoms with E-state index in [-0.39, 0.29) is 6.54 Å². The van der Waals surface area contributed by atoms with Crippen molar-refractivity contribution in [2.24, 2.45) is 0 Å². The molecule has 0 spiro atoms. The minimum atomic E-state index is -0.847. The van der Waals surface area contributed by atoms with Crippen LogP contribution in [0.3, 0.4) is 0 Å². The standard InChI is InChI=1S/C16H18N2O3S2/c1-22-12-6-4-11(5-7-12)14(19)10-18-16(21)15(20)17-9-13-3-2-8-23-13/h2-8,14,19H,9-10H2,1H3,(H,17,20)(H,18,21)/t14-/m0/s1. The fraction of sp³-hybridized carbons (Fsp3) is 0.250. The molecule has 0 fully saturated rings. The minimum Gasteiger partial charge on any atom is -0.387 e. The molecule has 1 aromatic heterocycles. The van der Waals surface area contributed by atoms with Gasteiger partial charge in [0.25, 0.3) is 0 Å². The minimum absolute atomic E-state index is 0.0100. The van der Waals surface area contributed by atoms with Gasteiger partial charge in [0.2, 0.25) is 0 Å². The summed E-state index contributed by atoms with van der Waals surface area (Å²) in [4.78, 5) is 25.4. The maximum atomic E-state index is 11.7. The molecular weight excluding hydrogens is 332 g/mol. The van der Waals surface area contributed by atoms with Gasteiger partial charge in [0.1, 0.15) is 0 Å². The van der Waals surface area contributed by atoms with E-state index in [1.165, 1.54) is 11.3 Å². The zero-order valence-corrected chi connectivity index (χ0v) is 14.2. The molecule has 2 aromatic rings. The van der Waals surface area contributed by atoms with Gasteiger partial charge in [-0.1, -0.05) is 18.2 Å². The Balaban J connectivity index is 1.77. The summed E-state index contributed by atoms with van der Waals surface area (Å²) in [7, 11) is 0. The summed E-state index contributed by atoms with van der Waals surface area (Å²) in [6.45, 7) is 0.312. The second kappa shape index (κ2) is 8.71. The van der Waals surface area contributed by atoms with Crippen LogP contribution in [0.1, 0.15) is 16.5 Å². The van der Waals surface area contributed by atoms with E-state index in [9.17, 15) is 14.7 Å². The average molecular weight is 350 g/mol. The molecule has 0 saturated carbocycles. The molecule has 1 aromatic carbocycles. The van der Waals surface area contributed by atoms with Gasteiger partial charge in [-0.3, -0.25) is 9.59 Å². The molecular formula is C16H18N2O3S2. The molecule has 5 nitrogen and oxygen atoms in total. The van der Waals surface area contributed by atoms with Crippen molar-refractivity contribution in [2.75, 3.05) is 12.8 Å². The highest BCUT2D eigenvalue weighted by Gasteiger charge is 2.15. The summed E-state index contributed by atoms with van der Waals surface area (Å²) in [6.07, 6.45) is 1.13. The first-order valence-corrected chi connectivity index (χ1v) is 9.11. The van der Waals surface area contributed by atoms with E-state index < -0.39 is 17.9 Å². The zero-order valence-electron chi connectivity index (χ0n) is 12.6. The van der Waals surface area contributed by atoms with Crippen LogP contribution in [0.25, 0.3) is 0 Å². The van der Waals surface area contributed by atoms with Crippen LogP contribution in [-0.2, 0) is 16.1 Å². The fourth-order valence-corrected chi connectivity index (χ4v) is 2.93. The van der Waals surface area contributed by atoms with Crippen molar-refractivity contribution >= 4 is 34.9 Å². The predicted molar refractivity (Wildman–Crippen MR) is 92.4 cm³/mol. The molecule has 122 valence electrons. The Morgan fingerprint density at radius 1 is 1.17 bits per heavy atom. The maximum Gasteiger partial charge on any atom is 0.309 e. The molecule has 7 heteroatoms. The third-order valence-electron chi connectivity index (χ3n) is 3.17. The van der Waals surface area contributed by atoms with E-state index in [2.05, 4.69) is 10.6 Å². The van der Waals surface area contributed by atoms with E-state index in [0.29, 0.717) is 12.1 Å². The average Bonchev–Trinajstić information content (AvgIpc) is 3.10. The van der Waals surface area contributed by atoms with Gasteiger partial charge in [0, 0.05) is 16.3 Å².